The Bertz CT molecular complexity index is 669. The number of hydrogen-bond acceptors (Lipinski definition) is 3. The van der Waals surface area contributed by atoms with Gasteiger partial charge in [0.25, 0.3) is 0 Å². The second-order valence-corrected chi connectivity index (χ2v) is 6.12. The van der Waals surface area contributed by atoms with Crippen LogP contribution in [0.5, 0.6) is 11.5 Å². The van der Waals surface area contributed by atoms with Crippen molar-refractivity contribution >= 4 is 37.6 Å². The lowest BCUT2D eigenvalue weighted by Gasteiger charge is -2.08. The quantitative estimate of drug-likeness (QED) is 0.669. The molecule has 0 atom stereocenters. The molecule has 0 amide bonds. The first-order valence-electron chi connectivity index (χ1n) is 6.24. The molecular formula is C16H14Br2O3. The van der Waals surface area contributed by atoms with E-state index in [1.807, 2.05) is 30.3 Å². The second-order valence-electron chi connectivity index (χ2n) is 4.41. The molecule has 0 aliphatic carbocycles. The monoisotopic (exact) mass is 412 g/mol. The van der Waals surface area contributed by atoms with E-state index in [2.05, 4.69) is 31.9 Å². The highest BCUT2D eigenvalue weighted by molar-refractivity contribution is 9.10. The summed E-state index contributed by atoms with van der Waals surface area (Å²) in [5, 5.41) is 0. The fourth-order valence-electron chi connectivity index (χ4n) is 1.95. The maximum atomic E-state index is 12.4. The van der Waals surface area contributed by atoms with E-state index in [9.17, 15) is 4.79 Å². The van der Waals surface area contributed by atoms with Crippen molar-refractivity contribution in [2.24, 2.45) is 0 Å². The number of hydrogen-bond donors (Lipinski definition) is 0. The zero-order chi connectivity index (χ0) is 15.4. The molecule has 0 aromatic heterocycles. The first kappa shape index (κ1) is 16.0. The van der Waals surface area contributed by atoms with Crippen LogP contribution in [-0.2, 0) is 6.42 Å². The van der Waals surface area contributed by atoms with Gasteiger partial charge in [-0.25, -0.2) is 0 Å². The smallest absolute Gasteiger partial charge is 0.168 e. The average Bonchev–Trinajstić information content (AvgIpc) is 2.48. The summed E-state index contributed by atoms with van der Waals surface area (Å²) in [6, 6.07) is 11.0. The SMILES string of the molecule is COc1ccc(Br)c(C(=O)Cc2ccc(OC)c(Br)c2)c1. The maximum Gasteiger partial charge on any atom is 0.168 e. The summed E-state index contributed by atoms with van der Waals surface area (Å²) >= 11 is 6.83. The predicted molar refractivity (Wildman–Crippen MR) is 89.4 cm³/mol. The maximum absolute atomic E-state index is 12.4. The van der Waals surface area contributed by atoms with Gasteiger partial charge in [0.2, 0.25) is 0 Å². The molecule has 2 aromatic rings. The van der Waals surface area contributed by atoms with Crippen molar-refractivity contribution in [3.05, 3.63) is 56.5 Å². The van der Waals surface area contributed by atoms with E-state index in [0.717, 1.165) is 20.3 Å². The fourth-order valence-corrected chi connectivity index (χ4v) is 3.00. The van der Waals surface area contributed by atoms with Gasteiger partial charge in [0.1, 0.15) is 11.5 Å². The van der Waals surface area contributed by atoms with Gasteiger partial charge >= 0.3 is 0 Å². The average molecular weight is 414 g/mol. The summed E-state index contributed by atoms with van der Waals surface area (Å²) in [5.41, 5.74) is 1.53. The molecule has 110 valence electrons. The summed E-state index contributed by atoms with van der Waals surface area (Å²) in [6.07, 6.45) is 0.314. The predicted octanol–water partition coefficient (Wildman–Crippen LogP) is 4.65. The van der Waals surface area contributed by atoms with Gasteiger partial charge in [-0.05, 0) is 51.8 Å². The molecule has 0 radical (unpaired) electrons. The van der Waals surface area contributed by atoms with Crippen molar-refractivity contribution in [1.82, 2.24) is 0 Å². The molecule has 2 aromatic carbocycles. The van der Waals surface area contributed by atoms with E-state index in [4.69, 9.17) is 9.47 Å². The number of methoxy groups -OCH3 is 2. The van der Waals surface area contributed by atoms with Crippen LogP contribution in [0.1, 0.15) is 15.9 Å². The van der Waals surface area contributed by atoms with Crippen LogP contribution in [-0.4, -0.2) is 20.0 Å². The minimum Gasteiger partial charge on any atom is -0.497 e. The molecule has 3 nitrogen and oxygen atoms in total. The Morgan fingerprint density at radius 2 is 1.76 bits per heavy atom. The fraction of sp³-hybridized carbons (Fsp3) is 0.188. The van der Waals surface area contributed by atoms with Crippen molar-refractivity contribution < 1.29 is 14.3 Å². The number of ether oxygens (including phenoxy) is 2. The highest BCUT2D eigenvalue weighted by Gasteiger charge is 2.13. The van der Waals surface area contributed by atoms with Crippen molar-refractivity contribution in [3.63, 3.8) is 0 Å². The topological polar surface area (TPSA) is 35.5 Å². The van der Waals surface area contributed by atoms with Gasteiger partial charge in [0.05, 0.1) is 18.7 Å². The van der Waals surface area contributed by atoms with Crippen molar-refractivity contribution in [2.45, 2.75) is 6.42 Å². The Labute approximate surface area is 140 Å². The molecule has 21 heavy (non-hydrogen) atoms. The third-order valence-electron chi connectivity index (χ3n) is 3.05. The molecule has 0 saturated heterocycles. The third-order valence-corrected chi connectivity index (χ3v) is 4.37. The number of halogens is 2. The molecule has 0 unspecified atom stereocenters. The van der Waals surface area contributed by atoms with Crippen LogP contribution in [0.25, 0.3) is 0 Å². The Kier molecular flexibility index (Phi) is 5.42. The van der Waals surface area contributed by atoms with Gasteiger partial charge in [-0.3, -0.25) is 4.79 Å². The first-order valence-corrected chi connectivity index (χ1v) is 7.83. The highest BCUT2D eigenvalue weighted by atomic mass is 79.9. The Morgan fingerprint density at radius 3 is 2.38 bits per heavy atom. The third kappa shape index (κ3) is 3.86. The number of rotatable bonds is 5. The van der Waals surface area contributed by atoms with E-state index in [0.29, 0.717) is 17.7 Å². The van der Waals surface area contributed by atoms with E-state index in [1.54, 1.807) is 20.3 Å². The summed E-state index contributed by atoms with van der Waals surface area (Å²) in [7, 11) is 3.19. The van der Waals surface area contributed by atoms with Crippen LogP contribution < -0.4 is 9.47 Å². The van der Waals surface area contributed by atoms with E-state index < -0.39 is 0 Å². The van der Waals surface area contributed by atoms with Crippen LogP contribution in [0, 0.1) is 0 Å². The Morgan fingerprint density at radius 1 is 1.00 bits per heavy atom. The lowest BCUT2D eigenvalue weighted by molar-refractivity contribution is 0.0992. The van der Waals surface area contributed by atoms with Gasteiger partial charge in [-0.1, -0.05) is 22.0 Å². The molecule has 0 bridgehead atoms. The number of ketones is 1. The summed E-state index contributed by atoms with van der Waals surface area (Å²) in [4.78, 5) is 12.4. The molecule has 5 heteroatoms. The van der Waals surface area contributed by atoms with Crippen LogP contribution >= 0.6 is 31.9 Å². The Hall–Kier alpha value is -1.33. The van der Waals surface area contributed by atoms with E-state index in [-0.39, 0.29) is 5.78 Å². The normalized spacial score (nSPS) is 10.3. The summed E-state index contributed by atoms with van der Waals surface area (Å²) in [6.45, 7) is 0. The summed E-state index contributed by atoms with van der Waals surface area (Å²) < 4.78 is 11.9. The lowest BCUT2D eigenvalue weighted by Crippen LogP contribution is -2.05. The summed E-state index contributed by atoms with van der Waals surface area (Å²) in [5.74, 6) is 1.43. The van der Waals surface area contributed by atoms with Crippen molar-refractivity contribution in [1.29, 1.82) is 0 Å². The minimum atomic E-state index is 0.0258. The first-order chi connectivity index (χ1) is 10.0. The van der Waals surface area contributed by atoms with Gasteiger partial charge in [-0.15, -0.1) is 0 Å². The Balaban J connectivity index is 2.23. The zero-order valence-electron chi connectivity index (χ0n) is 11.7. The minimum absolute atomic E-state index is 0.0258. The van der Waals surface area contributed by atoms with Gasteiger partial charge in [0, 0.05) is 16.5 Å². The van der Waals surface area contributed by atoms with Crippen molar-refractivity contribution in [3.8, 4) is 11.5 Å². The van der Waals surface area contributed by atoms with Crippen LogP contribution in [0.4, 0.5) is 0 Å². The van der Waals surface area contributed by atoms with E-state index >= 15 is 0 Å². The van der Waals surface area contributed by atoms with Crippen LogP contribution in [0.2, 0.25) is 0 Å². The molecule has 0 N–H and O–H groups in total. The molecule has 0 fully saturated rings. The number of Topliss-reactive ketones (excluding diaryl/α,β-unsaturated/α-hetero) is 1. The molecule has 0 spiro atoms. The number of benzene rings is 2. The standard InChI is InChI=1S/C16H14Br2O3/c1-20-11-4-5-13(17)12(9-11)15(19)8-10-3-6-16(21-2)14(18)7-10/h3-7,9H,8H2,1-2H3. The largest absolute Gasteiger partial charge is 0.497 e. The number of carbonyl (C=O) groups is 1. The van der Waals surface area contributed by atoms with Crippen LogP contribution in [0.3, 0.4) is 0 Å². The van der Waals surface area contributed by atoms with Gasteiger partial charge in [-0.2, -0.15) is 0 Å². The zero-order valence-corrected chi connectivity index (χ0v) is 14.8. The van der Waals surface area contributed by atoms with Gasteiger partial charge in [0.15, 0.2) is 5.78 Å². The lowest BCUT2D eigenvalue weighted by atomic mass is 10.0. The number of carbonyl (C=O) groups excluding carboxylic acids is 1. The molecule has 2 rings (SSSR count). The molecule has 0 heterocycles. The van der Waals surface area contributed by atoms with Gasteiger partial charge < -0.3 is 9.47 Å². The van der Waals surface area contributed by atoms with Crippen molar-refractivity contribution in [2.75, 3.05) is 14.2 Å². The molecular weight excluding hydrogens is 400 g/mol. The molecule has 0 aliphatic heterocycles. The van der Waals surface area contributed by atoms with Crippen LogP contribution in [0.15, 0.2) is 45.3 Å². The molecule has 0 aliphatic rings. The molecule has 0 saturated carbocycles. The second kappa shape index (κ2) is 7.09. The van der Waals surface area contributed by atoms with E-state index in [1.165, 1.54) is 0 Å². The highest BCUT2D eigenvalue weighted by Crippen LogP contribution is 2.27.